The molecule has 0 saturated heterocycles. The van der Waals surface area contributed by atoms with Gasteiger partial charge in [0.2, 0.25) is 5.78 Å². The van der Waals surface area contributed by atoms with Gasteiger partial charge in [-0.1, -0.05) is 25.1 Å². The Kier molecular flexibility index (Phi) is 4.17. The molecular formula is C12H9F7O. The van der Waals surface area contributed by atoms with Gasteiger partial charge >= 0.3 is 18.0 Å². The molecule has 1 nitrogen and oxygen atoms in total. The Morgan fingerprint density at radius 3 is 2.05 bits per heavy atom. The van der Waals surface area contributed by atoms with E-state index in [1.54, 1.807) is 6.92 Å². The minimum absolute atomic E-state index is 0.308. The van der Waals surface area contributed by atoms with Gasteiger partial charge in [-0.25, -0.2) is 0 Å². The first-order valence-electron chi connectivity index (χ1n) is 5.41. The van der Waals surface area contributed by atoms with Crippen molar-refractivity contribution < 1.29 is 35.5 Å². The fraction of sp³-hybridized carbons (Fsp3) is 0.417. The van der Waals surface area contributed by atoms with Crippen LogP contribution in [0, 0.1) is 0 Å². The molecule has 0 radical (unpaired) electrons. The summed E-state index contributed by atoms with van der Waals surface area (Å²) in [5.74, 6) is -14.9. The minimum Gasteiger partial charge on any atom is -0.287 e. The van der Waals surface area contributed by atoms with E-state index >= 15 is 0 Å². The van der Waals surface area contributed by atoms with Crippen LogP contribution in [0.15, 0.2) is 24.3 Å². The number of ketones is 1. The monoisotopic (exact) mass is 302 g/mol. The molecule has 0 aliphatic heterocycles. The Labute approximate surface area is 109 Å². The summed E-state index contributed by atoms with van der Waals surface area (Å²) in [6.45, 7) is 1.60. The lowest BCUT2D eigenvalue weighted by molar-refractivity contribution is -0.339. The van der Waals surface area contributed by atoms with Gasteiger partial charge in [-0.3, -0.25) is 4.79 Å². The normalized spacial score (nSPS) is 13.4. The molecule has 0 fully saturated rings. The Morgan fingerprint density at radius 1 is 1.05 bits per heavy atom. The van der Waals surface area contributed by atoms with Gasteiger partial charge in [0.15, 0.2) is 0 Å². The highest BCUT2D eigenvalue weighted by Crippen LogP contribution is 2.47. The molecule has 20 heavy (non-hydrogen) atoms. The first-order chi connectivity index (χ1) is 8.95. The number of alkyl halides is 7. The van der Waals surface area contributed by atoms with Gasteiger partial charge in [-0.05, 0) is 18.1 Å². The van der Waals surface area contributed by atoms with Gasteiger partial charge in [-0.15, -0.1) is 0 Å². The van der Waals surface area contributed by atoms with Gasteiger partial charge in [0.25, 0.3) is 0 Å². The van der Waals surface area contributed by atoms with Gasteiger partial charge < -0.3 is 0 Å². The van der Waals surface area contributed by atoms with Crippen LogP contribution in [-0.4, -0.2) is 23.8 Å². The third-order valence-electron chi connectivity index (χ3n) is 2.63. The molecule has 0 aromatic heterocycles. The molecule has 0 unspecified atom stereocenters. The van der Waals surface area contributed by atoms with E-state index in [9.17, 15) is 35.5 Å². The van der Waals surface area contributed by atoms with Gasteiger partial charge in [0, 0.05) is 5.56 Å². The Bertz CT molecular complexity index is 505. The van der Waals surface area contributed by atoms with Crippen LogP contribution in [0.25, 0.3) is 0 Å². The fourth-order valence-electron chi connectivity index (χ4n) is 1.43. The summed E-state index contributed by atoms with van der Waals surface area (Å²) in [6, 6.07) is 4.19. The smallest absolute Gasteiger partial charge is 0.287 e. The molecule has 0 saturated carbocycles. The van der Waals surface area contributed by atoms with E-state index in [0.29, 0.717) is 12.0 Å². The summed E-state index contributed by atoms with van der Waals surface area (Å²) >= 11 is 0. The van der Waals surface area contributed by atoms with E-state index in [4.69, 9.17) is 0 Å². The number of aryl methyl sites for hydroxylation is 1. The summed E-state index contributed by atoms with van der Waals surface area (Å²) < 4.78 is 87.8. The second-order valence-corrected chi connectivity index (χ2v) is 4.03. The van der Waals surface area contributed by atoms with Crippen LogP contribution >= 0.6 is 0 Å². The van der Waals surface area contributed by atoms with Gasteiger partial charge in [0.05, 0.1) is 0 Å². The van der Waals surface area contributed by atoms with Crippen molar-refractivity contribution in [1.82, 2.24) is 0 Å². The maximum atomic E-state index is 13.2. The van der Waals surface area contributed by atoms with Crippen LogP contribution in [0.5, 0.6) is 0 Å². The van der Waals surface area contributed by atoms with Crippen LogP contribution < -0.4 is 0 Å². The van der Waals surface area contributed by atoms with E-state index in [1.807, 2.05) is 0 Å². The zero-order valence-corrected chi connectivity index (χ0v) is 10.1. The molecule has 1 rings (SSSR count). The Morgan fingerprint density at radius 2 is 1.60 bits per heavy atom. The molecule has 0 heterocycles. The maximum absolute atomic E-state index is 13.2. The van der Waals surface area contributed by atoms with Crippen molar-refractivity contribution in [2.75, 3.05) is 0 Å². The maximum Gasteiger partial charge on any atom is 0.460 e. The van der Waals surface area contributed by atoms with E-state index in [0.717, 1.165) is 18.2 Å². The van der Waals surface area contributed by atoms with E-state index < -0.39 is 29.4 Å². The lowest BCUT2D eigenvalue weighted by Crippen LogP contribution is -2.56. The van der Waals surface area contributed by atoms with Crippen LogP contribution in [0.2, 0.25) is 0 Å². The first kappa shape index (κ1) is 16.5. The average molecular weight is 302 g/mol. The van der Waals surface area contributed by atoms with Crippen molar-refractivity contribution in [3.05, 3.63) is 35.4 Å². The van der Waals surface area contributed by atoms with Crippen molar-refractivity contribution >= 4 is 5.78 Å². The van der Waals surface area contributed by atoms with E-state index in [1.165, 1.54) is 6.07 Å². The van der Waals surface area contributed by atoms with Crippen LogP contribution in [-0.2, 0) is 6.42 Å². The zero-order chi connectivity index (χ0) is 15.8. The average Bonchev–Trinajstić information content (AvgIpc) is 2.36. The third kappa shape index (κ3) is 2.64. The third-order valence-corrected chi connectivity index (χ3v) is 2.63. The molecule has 0 N–H and O–H groups in total. The predicted octanol–water partition coefficient (Wildman–Crippen LogP) is 4.26. The number of carbonyl (C=O) groups excluding carboxylic acids is 1. The van der Waals surface area contributed by atoms with Crippen molar-refractivity contribution in [3.63, 3.8) is 0 Å². The SMILES string of the molecule is CCc1cccc(C(=O)C(F)(F)C(F)(F)C(F)(F)F)c1. The molecule has 0 bridgehead atoms. The highest BCUT2D eigenvalue weighted by molar-refractivity contribution is 6.02. The largest absolute Gasteiger partial charge is 0.460 e. The van der Waals surface area contributed by atoms with Gasteiger partial charge in [-0.2, -0.15) is 30.7 Å². The van der Waals surface area contributed by atoms with Crippen molar-refractivity contribution in [2.45, 2.75) is 31.4 Å². The van der Waals surface area contributed by atoms with Crippen LogP contribution in [0.3, 0.4) is 0 Å². The number of carbonyl (C=O) groups is 1. The Balaban J connectivity index is 3.24. The summed E-state index contributed by atoms with van der Waals surface area (Å²) in [6.07, 6.45) is -6.21. The number of hydrogen-bond acceptors (Lipinski definition) is 1. The number of halogens is 7. The summed E-state index contributed by atoms with van der Waals surface area (Å²) in [5.41, 5.74) is -0.528. The second-order valence-electron chi connectivity index (χ2n) is 4.03. The van der Waals surface area contributed by atoms with Gasteiger partial charge in [0.1, 0.15) is 0 Å². The molecule has 112 valence electrons. The summed E-state index contributed by atoms with van der Waals surface area (Å²) in [5, 5.41) is 0. The highest BCUT2D eigenvalue weighted by atomic mass is 19.4. The fourth-order valence-corrected chi connectivity index (χ4v) is 1.43. The lowest BCUT2D eigenvalue weighted by atomic mass is 9.98. The van der Waals surface area contributed by atoms with E-state index in [2.05, 4.69) is 0 Å². The predicted molar refractivity (Wildman–Crippen MR) is 56.1 cm³/mol. The Hall–Kier alpha value is -1.60. The minimum atomic E-state index is -6.52. The van der Waals surface area contributed by atoms with Crippen molar-refractivity contribution in [1.29, 1.82) is 0 Å². The first-order valence-corrected chi connectivity index (χ1v) is 5.41. The highest BCUT2D eigenvalue weighted by Gasteiger charge is 2.76. The summed E-state index contributed by atoms with van der Waals surface area (Å²) in [4.78, 5) is 11.3. The number of hydrogen-bond donors (Lipinski definition) is 0. The van der Waals surface area contributed by atoms with Crippen LogP contribution in [0.4, 0.5) is 30.7 Å². The number of rotatable bonds is 4. The van der Waals surface area contributed by atoms with Crippen molar-refractivity contribution in [3.8, 4) is 0 Å². The van der Waals surface area contributed by atoms with Crippen LogP contribution in [0.1, 0.15) is 22.8 Å². The second kappa shape index (κ2) is 5.06. The van der Waals surface area contributed by atoms with Crippen molar-refractivity contribution in [2.24, 2.45) is 0 Å². The number of Topliss-reactive ketones (excluding diaryl/α,β-unsaturated/α-hetero) is 1. The molecule has 0 atom stereocenters. The molecule has 0 aliphatic rings. The van der Waals surface area contributed by atoms with E-state index in [-0.39, 0.29) is 0 Å². The lowest BCUT2D eigenvalue weighted by Gasteiger charge is -2.27. The molecule has 1 aromatic rings. The molecule has 0 aliphatic carbocycles. The summed E-state index contributed by atoms with van der Waals surface area (Å²) in [7, 11) is 0. The quantitative estimate of drug-likeness (QED) is 0.600. The topological polar surface area (TPSA) is 17.1 Å². The molecule has 0 spiro atoms. The molecular weight excluding hydrogens is 293 g/mol. The molecule has 1 aromatic carbocycles. The standard InChI is InChI=1S/C12H9F7O/c1-2-7-4-3-5-8(6-7)9(20)10(13,14)11(15,16)12(17,18)19/h3-6H,2H2,1H3. The zero-order valence-electron chi connectivity index (χ0n) is 10.1. The number of benzene rings is 1. The molecule has 8 heteroatoms. The molecule has 0 amide bonds.